The van der Waals surface area contributed by atoms with Crippen LogP contribution in [0.5, 0.6) is 0 Å². The van der Waals surface area contributed by atoms with Crippen LogP contribution in [0, 0.1) is 11.7 Å². The Labute approximate surface area is 202 Å². The van der Waals surface area contributed by atoms with Crippen molar-refractivity contribution < 1.29 is 36.7 Å². The van der Waals surface area contributed by atoms with E-state index >= 15 is 0 Å². The number of nitrogens with zero attached hydrogens (tertiary/aromatic N) is 2. The number of alkyl halides is 3. The molecule has 4 rings (SSSR count). The van der Waals surface area contributed by atoms with Crippen LogP contribution < -0.4 is 10.6 Å². The molecule has 0 aliphatic heterocycles. The van der Waals surface area contributed by atoms with Crippen molar-refractivity contribution >= 4 is 29.3 Å². The number of amides is 1. The lowest BCUT2D eigenvalue weighted by Crippen LogP contribution is -2.16. The molecule has 8 nitrogen and oxygen atoms in total. The quantitative estimate of drug-likeness (QED) is 0.338. The highest BCUT2D eigenvalue weighted by molar-refractivity contribution is 6.00. The van der Waals surface area contributed by atoms with Gasteiger partial charge in [-0.25, -0.2) is 4.39 Å². The Hall–Kier alpha value is -3.96. The Balaban J connectivity index is 1.34. The summed E-state index contributed by atoms with van der Waals surface area (Å²) in [6, 6.07) is 9.17. The second kappa shape index (κ2) is 10.3. The van der Waals surface area contributed by atoms with Gasteiger partial charge in [-0.15, -0.1) is 5.10 Å². The minimum Gasteiger partial charge on any atom is -0.481 e. The zero-order valence-electron chi connectivity index (χ0n) is 18.8. The Kier molecular flexibility index (Phi) is 7.22. The van der Waals surface area contributed by atoms with E-state index in [1.54, 1.807) is 12.1 Å². The molecule has 1 aliphatic carbocycles. The maximum Gasteiger partial charge on any atom is 0.419 e. The predicted octanol–water partition coefficient (Wildman–Crippen LogP) is 5.97. The summed E-state index contributed by atoms with van der Waals surface area (Å²) in [6.07, 6.45) is -1.16. The monoisotopic (exact) mass is 506 g/mol. The van der Waals surface area contributed by atoms with Gasteiger partial charge in [0.2, 0.25) is 0 Å². The largest absolute Gasteiger partial charge is 0.481 e. The molecule has 0 radical (unpaired) electrons. The molecular formula is C24H22F4N4O4. The van der Waals surface area contributed by atoms with Crippen molar-refractivity contribution in [2.24, 2.45) is 5.92 Å². The molecule has 12 heteroatoms. The number of aromatic nitrogens is 2. The number of rotatable bonds is 7. The second-order valence-corrected chi connectivity index (χ2v) is 8.62. The van der Waals surface area contributed by atoms with Gasteiger partial charge >= 0.3 is 30.0 Å². The predicted molar refractivity (Wildman–Crippen MR) is 120 cm³/mol. The topological polar surface area (TPSA) is 117 Å². The third-order valence-corrected chi connectivity index (χ3v) is 6.09. The van der Waals surface area contributed by atoms with Gasteiger partial charge in [-0.3, -0.25) is 9.59 Å². The van der Waals surface area contributed by atoms with Crippen molar-refractivity contribution in [2.45, 2.75) is 44.2 Å². The fourth-order valence-corrected chi connectivity index (χ4v) is 4.28. The molecule has 1 aliphatic rings. The molecule has 0 unspecified atom stereocenters. The molecule has 3 N–H and O–H groups in total. The molecule has 1 aromatic heterocycles. The van der Waals surface area contributed by atoms with Crippen molar-refractivity contribution in [1.29, 1.82) is 0 Å². The van der Waals surface area contributed by atoms with Gasteiger partial charge in [0.25, 0.3) is 0 Å². The lowest BCUT2D eigenvalue weighted by atomic mass is 9.77. The number of benzene rings is 2. The van der Waals surface area contributed by atoms with Crippen LogP contribution in [0.4, 0.5) is 35.0 Å². The van der Waals surface area contributed by atoms with Crippen LogP contribution in [0.2, 0.25) is 0 Å². The van der Waals surface area contributed by atoms with Crippen molar-refractivity contribution in [3.8, 4) is 0 Å². The number of nitrogens with one attached hydrogen (secondary N) is 2. The summed E-state index contributed by atoms with van der Waals surface area (Å²) in [5, 5.41) is 21.1. The average Bonchev–Trinajstić information content (AvgIpc) is 3.29. The standard InChI is InChI=1S/C24H22F4N4O4/c25-19-10-9-17(12-18(19)24(26,27)28)30-23-32-31-22(36-23)21(35)29-16-7-5-15(6-8-16)14-3-1-13(2-4-14)11-20(33)34/h5-10,12-14H,1-4,11H2,(H,29,35)(H,30,32)(H,33,34)/t13-,14-. The number of hydrogen-bond acceptors (Lipinski definition) is 6. The molecule has 1 fully saturated rings. The molecule has 0 spiro atoms. The minimum absolute atomic E-state index is 0.146. The van der Waals surface area contributed by atoms with Crippen LogP contribution in [0.1, 0.15) is 59.8 Å². The van der Waals surface area contributed by atoms with Gasteiger partial charge in [0, 0.05) is 17.8 Å². The normalized spacial score (nSPS) is 18.0. The van der Waals surface area contributed by atoms with E-state index in [-0.39, 0.29) is 24.0 Å². The van der Waals surface area contributed by atoms with Crippen LogP contribution in [0.15, 0.2) is 46.9 Å². The number of carbonyl (C=O) groups is 2. The molecule has 2 aromatic carbocycles. The van der Waals surface area contributed by atoms with Crippen LogP contribution >= 0.6 is 0 Å². The van der Waals surface area contributed by atoms with Crippen molar-refractivity contribution in [2.75, 3.05) is 10.6 Å². The minimum atomic E-state index is -4.88. The summed E-state index contributed by atoms with van der Waals surface area (Å²) in [6.45, 7) is 0. The first kappa shape index (κ1) is 25.1. The maximum atomic E-state index is 13.4. The summed E-state index contributed by atoms with van der Waals surface area (Å²) in [5.74, 6) is -2.79. The summed E-state index contributed by atoms with van der Waals surface area (Å²) >= 11 is 0. The van der Waals surface area contributed by atoms with Crippen LogP contribution in [-0.4, -0.2) is 27.2 Å². The SMILES string of the molecule is O=C(O)C[C@H]1CC[C@H](c2ccc(NC(=O)c3nnc(Nc4ccc(F)c(C(F)(F)F)c4)o3)cc2)CC1. The van der Waals surface area contributed by atoms with E-state index in [0.717, 1.165) is 37.3 Å². The molecule has 0 atom stereocenters. The Morgan fingerprint density at radius 2 is 1.67 bits per heavy atom. The van der Waals surface area contributed by atoms with Gasteiger partial charge in [-0.2, -0.15) is 13.2 Å². The van der Waals surface area contributed by atoms with Crippen molar-refractivity contribution in [1.82, 2.24) is 10.2 Å². The number of carbonyl (C=O) groups excluding carboxylic acids is 1. The van der Waals surface area contributed by atoms with Crippen LogP contribution in [0.3, 0.4) is 0 Å². The lowest BCUT2D eigenvalue weighted by Gasteiger charge is -2.28. The van der Waals surface area contributed by atoms with Gasteiger partial charge in [0.05, 0.1) is 5.56 Å². The number of carboxylic acids is 1. The van der Waals surface area contributed by atoms with Gasteiger partial charge in [0.1, 0.15) is 5.82 Å². The Morgan fingerprint density at radius 1 is 1.00 bits per heavy atom. The zero-order chi connectivity index (χ0) is 25.9. The second-order valence-electron chi connectivity index (χ2n) is 8.62. The van der Waals surface area contributed by atoms with Crippen LogP contribution in [0.25, 0.3) is 0 Å². The van der Waals surface area contributed by atoms with Crippen molar-refractivity contribution in [3.63, 3.8) is 0 Å². The van der Waals surface area contributed by atoms with Crippen molar-refractivity contribution in [3.05, 3.63) is 65.3 Å². The highest BCUT2D eigenvalue weighted by Gasteiger charge is 2.34. The average molecular weight is 506 g/mol. The van der Waals surface area contributed by atoms with E-state index in [9.17, 15) is 27.2 Å². The first-order valence-corrected chi connectivity index (χ1v) is 11.2. The van der Waals surface area contributed by atoms with E-state index in [1.807, 2.05) is 12.1 Å². The molecule has 190 valence electrons. The Bertz CT molecular complexity index is 1240. The summed E-state index contributed by atoms with van der Waals surface area (Å²) < 4.78 is 57.2. The Morgan fingerprint density at radius 3 is 2.31 bits per heavy atom. The molecular weight excluding hydrogens is 484 g/mol. The summed E-state index contributed by atoms with van der Waals surface area (Å²) in [4.78, 5) is 23.3. The van der Waals surface area contributed by atoms with Gasteiger partial charge in [0.15, 0.2) is 0 Å². The first-order valence-electron chi connectivity index (χ1n) is 11.2. The zero-order valence-corrected chi connectivity index (χ0v) is 18.8. The third-order valence-electron chi connectivity index (χ3n) is 6.09. The fourth-order valence-electron chi connectivity index (χ4n) is 4.28. The smallest absolute Gasteiger partial charge is 0.419 e. The lowest BCUT2D eigenvalue weighted by molar-refractivity contribution is -0.140. The van der Waals surface area contributed by atoms with E-state index in [0.29, 0.717) is 23.7 Å². The number of hydrogen-bond donors (Lipinski definition) is 3. The maximum absolute atomic E-state index is 13.4. The molecule has 1 heterocycles. The molecule has 3 aromatic rings. The van der Waals surface area contributed by atoms with Gasteiger partial charge in [-0.05, 0) is 73.4 Å². The van der Waals surface area contributed by atoms with Gasteiger partial charge < -0.3 is 20.2 Å². The highest BCUT2D eigenvalue weighted by atomic mass is 19.4. The molecule has 1 saturated carbocycles. The number of anilines is 3. The van der Waals surface area contributed by atoms with E-state index < -0.39 is 35.3 Å². The van der Waals surface area contributed by atoms with E-state index in [2.05, 4.69) is 20.8 Å². The third kappa shape index (κ3) is 6.18. The molecule has 0 saturated heterocycles. The summed E-state index contributed by atoms with van der Waals surface area (Å²) in [7, 11) is 0. The van der Waals surface area contributed by atoms with E-state index in [4.69, 9.17) is 9.52 Å². The highest BCUT2D eigenvalue weighted by Crippen LogP contribution is 2.37. The summed E-state index contributed by atoms with van der Waals surface area (Å²) in [5.41, 5.74) is -0.0263. The molecule has 36 heavy (non-hydrogen) atoms. The van der Waals surface area contributed by atoms with Crippen LogP contribution in [-0.2, 0) is 11.0 Å². The van der Waals surface area contributed by atoms with E-state index in [1.165, 1.54) is 0 Å². The van der Waals surface area contributed by atoms with Gasteiger partial charge in [-0.1, -0.05) is 17.2 Å². The number of halogens is 4. The first-order chi connectivity index (χ1) is 17.1. The number of aliphatic carboxylic acids is 1. The fraction of sp³-hybridized carbons (Fsp3) is 0.333. The molecule has 0 bridgehead atoms. The number of carboxylic acid groups (broad SMARTS) is 1. The molecule has 1 amide bonds.